The zero-order valence-electron chi connectivity index (χ0n) is 37.0. The Morgan fingerprint density at radius 2 is 0.864 bits per heavy atom. The predicted octanol–water partition coefficient (Wildman–Crippen LogP) is 8.76. The van der Waals surface area contributed by atoms with Crippen LogP contribution in [0.3, 0.4) is 0 Å². The molecule has 0 atom stereocenters. The van der Waals surface area contributed by atoms with E-state index in [9.17, 15) is 52.0 Å². The maximum Gasteiger partial charge on any atom is 0.419 e. The summed E-state index contributed by atoms with van der Waals surface area (Å²) in [5.74, 6) is -3.97. The standard InChI is InChI=1S/C45H50F8N4O7S2/c1-27(2)25-63-42-33(21-31(65(5,59)60)23-39(42)56-15-11-54(12-16-56)29-7-9-35(37(46)19-29)44(48,49)50)41(58)34-22-32(66(6,61)62)24-40(43(34)64-26-28(3)4)57-17-13-55(14-18-57)30-8-10-36(38(47)20-30)45(51,52)53/h7-10,19-24,27-28H,11-18,25-26H2,1-6H3. The average Bonchev–Trinajstić information content (AvgIpc) is 3.22. The van der Waals surface area contributed by atoms with Crippen molar-refractivity contribution in [1.29, 1.82) is 0 Å². The topological polar surface area (TPSA) is 117 Å². The molecule has 0 aromatic heterocycles. The summed E-state index contributed by atoms with van der Waals surface area (Å²) in [6.07, 6.45) is -7.88. The van der Waals surface area contributed by atoms with Gasteiger partial charge < -0.3 is 29.1 Å². The number of rotatable bonds is 14. The van der Waals surface area contributed by atoms with Crippen LogP contribution in [0, 0.1) is 23.5 Å². The number of anilines is 4. The molecule has 360 valence electrons. The third-order valence-electron chi connectivity index (χ3n) is 11.0. The van der Waals surface area contributed by atoms with Crippen molar-refractivity contribution < 1.29 is 66.2 Å². The van der Waals surface area contributed by atoms with Crippen molar-refractivity contribution in [2.45, 2.75) is 49.8 Å². The largest absolute Gasteiger partial charge is 0.490 e. The molecule has 0 N–H and O–H groups in total. The van der Waals surface area contributed by atoms with E-state index in [1.54, 1.807) is 19.6 Å². The van der Waals surface area contributed by atoms with Gasteiger partial charge in [-0.15, -0.1) is 0 Å². The number of alkyl halides is 6. The van der Waals surface area contributed by atoms with E-state index in [4.69, 9.17) is 9.47 Å². The highest BCUT2D eigenvalue weighted by molar-refractivity contribution is 7.91. The minimum atomic E-state index is -4.89. The highest BCUT2D eigenvalue weighted by Gasteiger charge is 2.37. The van der Waals surface area contributed by atoms with E-state index in [1.165, 1.54) is 12.1 Å². The van der Waals surface area contributed by atoms with Gasteiger partial charge in [0.15, 0.2) is 31.2 Å². The summed E-state index contributed by atoms with van der Waals surface area (Å²) in [6, 6.07) is 10.3. The monoisotopic (exact) mass is 974 g/mol. The molecule has 0 spiro atoms. The Bertz CT molecular complexity index is 2500. The lowest BCUT2D eigenvalue weighted by atomic mass is 9.98. The van der Waals surface area contributed by atoms with Crippen LogP contribution in [0.5, 0.6) is 11.5 Å². The molecule has 66 heavy (non-hydrogen) atoms. The minimum absolute atomic E-state index is 0.0198. The molecule has 0 amide bonds. The summed E-state index contributed by atoms with van der Waals surface area (Å²) in [5.41, 5.74) is -2.50. The van der Waals surface area contributed by atoms with Gasteiger partial charge in [0.25, 0.3) is 0 Å². The number of hydrogen-bond acceptors (Lipinski definition) is 11. The van der Waals surface area contributed by atoms with Crippen LogP contribution >= 0.6 is 0 Å². The number of nitrogens with zero attached hydrogens (tertiary/aromatic N) is 4. The molecule has 2 fully saturated rings. The van der Waals surface area contributed by atoms with Gasteiger partial charge in [-0.05, 0) is 72.5 Å². The number of piperazine rings is 2. The summed E-state index contributed by atoms with van der Waals surface area (Å²) >= 11 is 0. The van der Waals surface area contributed by atoms with Crippen molar-refractivity contribution >= 4 is 48.2 Å². The first-order chi connectivity index (χ1) is 30.6. The second-order valence-corrected chi connectivity index (χ2v) is 21.2. The van der Waals surface area contributed by atoms with Crippen molar-refractivity contribution in [3.63, 3.8) is 0 Å². The van der Waals surface area contributed by atoms with Gasteiger partial charge in [-0.3, -0.25) is 4.79 Å². The molecule has 0 bridgehead atoms. The smallest absolute Gasteiger partial charge is 0.419 e. The van der Waals surface area contributed by atoms with Gasteiger partial charge in [0.05, 0.1) is 56.6 Å². The van der Waals surface area contributed by atoms with Crippen molar-refractivity contribution in [1.82, 2.24) is 0 Å². The summed E-state index contributed by atoms with van der Waals surface area (Å²) in [6.45, 7) is 8.60. The molecule has 11 nitrogen and oxygen atoms in total. The Balaban J connectivity index is 1.43. The van der Waals surface area contributed by atoms with E-state index in [0.717, 1.165) is 48.9 Å². The Labute approximate surface area is 378 Å². The van der Waals surface area contributed by atoms with Gasteiger partial charge in [0, 0.05) is 76.2 Å². The van der Waals surface area contributed by atoms with Crippen molar-refractivity contribution in [3.8, 4) is 11.5 Å². The van der Waals surface area contributed by atoms with Crippen molar-refractivity contribution in [3.05, 3.63) is 94.6 Å². The second kappa shape index (κ2) is 19.1. The van der Waals surface area contributed by atoms with Gasteiger partial charge >= 0.3 is 12.4 Å². The van der Waals surface area contributed by atoms with Gasteiger partial charge in [0.1, 0.15) is 11.6 Å². The number of sulfone groups is 2. The molecule has 2 aliphatic heterocycles. The van der Waals surface area contributed by atoms with E-state index < -0.39 is 60.6 Å². The van der Waals surface area contributed by atoms with Crippen LogP contribution in [0.1, 0.15) is 54.7 Å². The second-order valence-electron chi connectivity index (χ2n) is 17.2. The number of halogens is 8. The van der Waals surface area contributed by atoms with E-state index in [-0.39, 0.29) is 133 Å². The zero-order valence-corrected chi connectivity index (χ0v) is 38.6. The van der Waals surface area contributed by atoms with Crippen LogP contribution in [0.15, 0.2) is 70.5 Å². The average molecular weight is 975 g/mol. The quantitative estimate of drug-likeness (QED) is 0.0893. The molecular formula is C45H50F8N4O7S2. The molecule has 0 aliphatic carbocycles. The molecule has 4 aromatic carbocycles. The Morgan fingerprint density at radius 1 is 0.545 bits per heavy atom. The molecule has 21 heteroatoms. The molecule has 0 saturated carbocycles. The lowest BCUT2D eigenvalue weighted by Crippen LogP contribution is -2.47. The Kier molecular flexibility index (Phi) is 14.5. The molecule has 2 saturated heterocycles. The summed E-state index contributed by atoms with van der Waals surface area (Å²) in [7, 11) is -8.10. The Morgan fingerprint density at radius 3 is 1.14 bits per heavy atom. The van der Waals surface area contributed by atoms with Crippen LogP contribution in [0.2, 0.25) is 0 Å². The lowest BCUT2D eigenvalue weighted by Gasteiger charge is -2.39. The summed E-state index contributed by atoms with van der Waals surface area (Å²) < 4.78 is 175. The fourth-order valence-electron chi connectivity index (χ4n) is 7.63. The number of benzene rings is 4. The molecule has 6 rings (SSSR count). The van der Waals surface area contributed by atoms with Crippen LogP contribution in [0.25, 0.3) is 0 Å². The molecule has 2 heterocycles. The van der Waals surface area contributed by atoms with Crippen LogP contribution in [0.4, 0.5) is 57.9 Å². The van der Waals surface area contributed by atoms with Crippen LogP contribution < -0.4 is 29.1 Å². The molecular weight excluding hydrogens is 925 g/mol. The van der Waals surface area contributed by atoms with Gasteiger partial charge in [-0.25, -0.2) is 25.6 Å². The van der Waals surface area contributed by atoms with E-state index >= 15 is 4.79 Å². The fourth-order valence-corrected chi connectivity index (χ4v) is 8.95. The van der Waals surface area contributed by atoms with Crippen molar-refractivity contribution in [2.75, 3.05) is 97.7 Å². The maximum atomic E-state index is 15.3. The molecule has 2 aliphatic rings. The first-order valence-electron chi connectivity index (χ1n) is 20.9. The van der Waals surface area contributed by atoms with Gasteiger partial charge in [0.2, 0.25) is 5.78 Å². The highest BCUT2D eigenvalue weighted by atomic mass is 32.2. The van der Waals surface area contributed by atoms with E-state index in [1.807, 2.05) is 27.7 Å². The fraction of sp³-hybridized carbons (Fsp3) is 0.444. The number of ketones is 1. The summed E-state index contributed by atoms with van der Waals surface area (Å²) in [5, 5.41) is 0. The first kappa shape index (κ1) is 50.1. The Hall–Kier alpha value is -5.31. The number of carbonyl (C=O) groups excluding carboxylic acids is 1. The van der Waals surface area contributed by atoms with Gasteiger partial charge in [-0.2, -0.15) is 26.3 Å². The maximum absolute atomic E-state index is 15.3. The normalized spacial score (nSPS) is 15.5. The third-order valence-corrected chi connectivity index (χ3v) is 13.2. The molecule has 0 unspecified atom stereocenters. The number of carbonyl (C=O) groups is 1. The van der Waals surface area contributed by atoms with Crippen molar-refractivity contribution in [2.24, 2.45) is 11.8 Å². The van der Waals surface area contributed by atoms with Crippen LogP contribution in [-0.4, -0.2) is 101 Å². The SMILES string of the molecule is CC(C)COc1c(C(=O)c2cc(S(C)(=O)=O)cc(N3CCN(c4ccc(C(F)(F)F)c(F)c4)CC3)c2OCC(C)C)cc(S(C)(=O)=O)cc1N1CCN(c2ccc(C(F)(F)F)c(F)c2)CC1. The third kappa shape index (κ3) is 11.4. The number of ether oxygens (including phenoxy) is 2. The van der Waals surface area contributed by atoms with Crippen LogP contribution in [-0.2, 0) is 32.0 Å². The number of hydrogen-bond donors (Lipinski definition) is 0. The first-order valence-corrected chi connectivity index (χ1v) is 24.7. The zero-order chi connectivity index (χ0) is 48.7. The predicted molar refractivity (Wildman–Crippen MR) is 235 cm³/mol. The molecule has 0 radical (unpaired) electrons. The van der Waals surface area contributed by atoms with E-state index in [0.29, 0.717) is 12.1 Å². The minimum Gasteiger partial charge on any atom is -0.490 e. The molecule has 4 aromatic rings. The van der Waals surface area contributed by atoms with E-state index in [2.05, 4.69) is 0 Å². The van der Waals surface area contributed by atoms with Gasteiger partial charge in [-0.1, -0.05) is 27.7 Å². The highest BCUT2D eigenvalue weighted by Crippen LogP contribution is 2.43. The lowest BCUT2D eigenvalue weighted by molar-refractivity contribution is -0.140. The summed E-state index contributed by atoms with van der Waals surface area (Å²) in [4.78, 5) is 21.6.